The summed E-state index contributed by atoms with van der Waals surface area (Å²) in [5, 5.41) is 0. The molecule has 0 aromatic rings. The van der Waals surface area contributed by atoms with Gasteiger partial charge in [0, 0.05) is 26.2 Å². The maximum atomic E-state index is 3.12. The molecule has 0 bridgehead atoms. The van der Waals surface area contributed by atoms with Crippen molar-refractivity contribution >= 4 is 50.9 Å². The summed E-state index contributed by atoms with van der Waals surface area (Å²) >= 11 is 0. The summed E-state index contributed by atoms with van der Waals surface area (Å²) in [6, 6.07) is 0. The van der Waals surface area contributed by atoms with Crippen LogP contribution < -0.4 is 0 Å². The first-order valence-corrected chi connectivity index (χ1v) is 2.13. The van der Waals surface area contributed by atoms with Gasteiger partial charge in [0.25, 0.3) is 0 Å². The molecule has 0 unspecified atom stereocenters. The van der Waals surface area contributed by atoms with Crippen molar-refractivity contribution in [2.75, 3.05) is 0 Å². The maximum absolute atomic E-state index is 3.12. The number of hydrogen-bond donors (Lipinski definition) is 0. The topological polar surface area (TPSA) is 0 Å². The van der Waals surface area contributed by atoms with Crippen molar-refractivity contribution in [1.29, 1.82) is 0 Å². The quantitative estimate of drug-likeness (QED) is 0.535. The van der Waals surface area contributed by atoms with Gasteiger partial charge >= 0.3 is 0 Å². The van der Waals surface area contributed by atoms with Crippen LogP contribution in [0.15, 0.2) is 17.7 Å². The molecule has 0 amide bonds. The van der Waals surface area contributed by atoms with E-state index in [0.717, 1.165) is 6.42 Å². The molecule has 1 aliphatic rings. The Kier molecular flexibility index (Phi) is 30.3. The molecule has 1 rings (SSSR count). The van der Waals surface area contributed by atoms with Crippen LogP contribution in [0.25, 0.3) is 0 Å². The van der Waals surface area contributed by atoms with E-state index in [1.165, 1.54) is 5.57 Å². The summed E-state index contributed by atoms with van der Waals surface area (Å²) in [5.74, 6) is 0. The van der Waals surface area contributed by atoms with E-state index in [0.29, 0.717) is 0 Å². The van der Waals surface area contributed by atoms with Crippen molar-refractivity contribution in [2.24, 2.45) is 0 Å². The fraction of sp³-hybridized carbons (Fsp3) is 0.333. The van der Waals surface area contributed by atoms with Crippen LogP contribution in [0.2, 0.25) is 0 Å². The van der Waals surface area contributed by atoms with Crippen molar-refractivity contribution < 1.29 is 26.2 Å². The van der Waals surface area contributed by atoms with E-state index >= 15 is 0 Å². The molecule has 0 fully saturated rings. The zero-order chi connectivity index (χ0) is 4.41. The SMILES string of the molecule is Br.Br.Br.CC1=[C-]CC=C1.[Zr]. The van der Waals surface area contributed by atoms with Crippen molar-refractivity contribution in [3.05, 3.63) is 23.8 Å². The molecule has 1 aliphatic carbocycles. The third-order valence-electron chi connectivity index (χ3n) is 0.867. The molecular weight excluding hydrogens is 403 g/mol. The van der Waals surface area contributed by atoms with Gasteiger partial charge in [-0.1, -0.05) is 6.92 Å². The first-order chi connectivity index (χ1) is 2.89. The summed E-state index contributed by atoms with van der Waals surface area (Å²) < 4.78 is 0. The van der Waals surface area contributed by atoms with Gasteiger partial charge in [-0.3, -0.25) is 6.08 Å². The standard InChI is InChI=1S/C6H7.3BrH.Zr/c1-6-4-2-3-5-6;;;;/h2,4H,3H2,1H3;3*1H;/q-1;;;;. The Bertz CT molecular complexity index is 107. The van der Waals surface area contributed by atoms with E-state index < -0.39 is 0 Å². The van der Waals surface area contributed by atoms with E-state index in [1.807, 2.05) is 0 Å². The second-order valence-electron chi connectivity index (χ2n) is 1.47. The number of rotatable bonds is 0. The predicted octanol–water partition coefficient (Wildman–Crippen LogP) is 3.43. The molecule has 0 nitrogen and oxygen atoms in total. The van der Waals surface area contributed by atoms with Crippen LogP contribution in [0.3, 0.4) is 0 Å². The Balaban J connectivity index is -0.0000000450. The second-order valence-corrected chi connectivity index (χ2v) is 1.47. The molecule has 0 heterocycles. The predicted molar refractivity (Wildman–Crippen MR) is 57.2 cm³/mol. The second kappa shape index (κ2) is 13.4. The summed E-state index contributed by atoms with van der Waals surface area (Å²) in [6.07, 6.45) is 8.33. The van der Waals surface area contributed by atoms with Crippen LogP contribution in [0, 0.1) is 6.08 Å². The van der Waals surface area contributed by atoms with E-state index in [4.69, 9.17) is 0 Å². The summed E-state index contributed by atoms with van der Waals surface area (Å²) in [6.45, 7) is 2.06. The van der Waals surface area contributed by atoms with E-state index in [1.54, 1.807) is 0 Å². The van der Waals surface area contributed by atoms with Crippen molar-refractivity contribution in [3.63, 3.8) is 0 Å². The van der Waals surface area contributed by atoms with Gasteiger partial charge in [0.1, 0.15) is 0 Å². The van der Waals surface area contributed by atoms with E-state index in [9.17, 15) is 0 Å². The third kappa shape index (κ3) is 9.80. The fourth-order valence-electron chi connectivity index (χ4n) is 0.515. The molecule has 0 spiro atoms. The van der Waals surface area contributed by atoms with Gasteiger partial charge in [0.05, 0.1) is 0 Å². The zero-order valence-electron chi connectivity index (χ0n) is 5.59. The van der Waals surface area contributed by atoms with E-state index in [2.05, 4.69) is 25.2 Å². The van der Waals surface area contributed by atoms with Crippen LogP contribution in [0.5, 0.6) is 0 Å². The molecule has 0 N–H and O–H groups in total. The summed E-state index contributed by atoms with van der Waals surface area (Å²) in [5.41, 5.74) is 1.27. The summed E-state index contributed by atoms with van der Waals surface area (Å²) in [4.78, 5) is 0. The van der Waals surface area contributed by atoms with Gasteiger partial charge in [-0.25, -0.2) is 11.6 Å². The van der Waals surface area contributed by atoms with Crippen LogP contribution in [-0.4, -0.2) is 0 Å². The molecule has 0 saturated heterocycles. The van der Waals surface area contributed by atoms with Crippen molar-refractivity contribution in [2.45, 2.75) is 13.3 Å². The largest absolute Gasteiger partial charge is 0.270 e. The van der Waals surface area contributed by atoms with Gasteiger partial charge in [0.15, 0.2) is 0 Å². The molecule has 0 aromatic carbocycles. The van der Waals surface area contributed by atoms with Crippen molar-refractivity contribution in [3.8, 4) is 0 Å². The minimum absolute atomic E-state index is 0. The Morgan fingerprint density at radius 3 is 1.90 bits per heavy atom. The Hall–Kier alpha value is 1.80. The smallest absolute Gasteiger partial charge is 0 e. The molecule has 60 valence electrons. The van der Waals surface area contributed by atoms with Crippen LogP contribution in [0.4, 0.5) is 0 Å². The summed E-state index contributed by atoms with van der Waals surface area (Å²) in [7, 11) is 0. The molecule has 0 aliphatic heterocycles. The minimum atomic E-state index is 0. The fourth-order valence-corrected chi connectivity index (χ4v) is 0.515. The molecule has 0 aromatic heterocycles. The van der Waals surface area contributed by atoms with Gasteiger partial charge < -0.3 is 0 Å². The van der Waals surface area contributed by atoms with Crippen LogP contribution in [0.1, 0.15) is 13.3 Å². The molecule has 0 radical (unpaired) electrons. The van der Waals surface area contributed by atoms with Gasteiger partial charge in [-0.05, 0) is 0 Å². The van der Waals surface area contributed by atoms with Gasteiger partial charge in [0.2, 0.25) is 0 Å². The zero-order valence-corrected chi connectivity index (χ0v) is 13.2. The molecule has 0 saturated carbocycles. The first-order valence-electron chi connectivity index (χ1n) is 2.13. The van der Waals surface area contributed by atoms with Gasteiger partial charge in [-0.15, -0.1) is 57.4 Å². The monoisotopic (exact) mass is 409 g/mol. The third-order valence-corrected chi connectivity index (χ3v) is 0.867. The molecule has 4 heteroatoms. The van der Waals surface area contributed by atoms with Crippen LogP contribution >= 0.6 is 50.9 Å². The minimum Gasteiger partial charge on any atom is -0.270 e. The molecular formula is C6H10Br3Zr-. The first kappa shape index (κ1) is 22.6. The maximum Gasteiger partial charge on any atom is 0 e. The van der Waals surface area contributed by atoms with Crippen molar-refractivity contribution in [1.82, 2.24) is 0 Å². The number of allylic oxidation sites excluding steroid dienone is 4. The number of hydrogen-bond acceptors (Lipinski definition) is 0. The Morgan fingerprint density at radius 2 is 1.80 bits per heavy atom. The molecule has 0 atom stereocenters. The normalized spacial score (nSPS) is 11.1. The average Bonchev–Trinajstić information content (AvgIpc) is 1.86. The molecule has 10 heavy (non-hydrogen) atoms. The van der Waals surface area contributed by atoms with Crippen LogP contribution in [-0.2, 0) is 26.2 Å². The number of halogens is 3. The Labute approximate surface area is 113 Å². The van der Waals surface area contributed by atoms with Gasteiger partial charge in [-0.2, -0.15) is 6.08 Å². The Morgan fingerprint density at radius 1 is 1.30 bits per heavy atom. The average molecular weight is 413 g/mol. The van der Waals surface area contributed by atoms with E-state index in [-0.39, 0.29) is 77.1 Å².